The summed E-state index contributed by atoms with van der Waals surface area (Å²) in [4.78, 5) is 33.7. The molecule has 10 atom stereocenters. The summed E-state index contributed by atoms with van der Waals surface area (Å²) >= 11 is 0. The number of aliphatic hydroxyl groups is 1. The van der Waals surface area contributed by atoms with Crippen molar-refractivity contribution in [1.82, 2.24) is 15.1 Å². The predicted octanol–water partition coefficient (Wildman–Crippen LogP) is 4.66. The maximum Gasteiger partial charge on any atom is 0.435 e. The van der Waals surface area contributed by atoms with E-state index in [-0.39, 0.29) is 29.5 Å². The van der Waals surface area contributed by atoms with Crippen molar-refractivity contribution >= 4 is 17.7 Å². The minimum Gasteiger partial charge on any atom is -0.393 e. The van der Waals surface area contributed by atoms with Crippen LogP contribution < -0.4 is 5.32 Å². The first-order chi connectivity index (χ1) is 18.4. The number of amides is 2. The Labute approximate surface area is 235 Å². The maximum atomic E-state index is 12.8. The molecule has 0 aromatic heterocycles. The summed E-state index contributed by atoms with van der Waals surface area (Å²) < 4.78 is 0. The Bertz CT molecular complexity index is 970. The number of hydrogen-bond donors (Lipinski definition) is 2. The topological polar surface area (TPSA) is 94.5 Å². The quantitative estimate of drug-likeness (QED) is 0.298. The zero-order chi connectivity index (χ0) is 28.1. The minimum absolute atomic E-state index is 0.0793. The van der Waals surface area contributed by atoms with Gasteiger partial charge in [0.1, 0.15) is 0 Å². The molecule has 1 heterocycles. The molecule has 8 heteroatoms. The van der Waals surface area contributed by atoms with Crippen LogP contribution in [0, 0.1) is 40.4 Å². The number of carbonyl (C=O) groups is 2. The Balaban J connectivity index is 1.17. The van der Waals surface area contributed by atoms with Crippen LogP contribution in [0.1, 0.15) is 91.4 Å². The number of oxime groups is 1. The van der Waals surface area contributed by atoms with Gasteiger partial charge in [0, 0.05) is 39.6 Å². The molecule has 0 spiro atoms. The third-order valence-corrected chi connectivity index (χ3v) is 12.2. The Morgan fingerprint density at radius 2 is 1.67 bits per heavy atom. The number of rotatable bonds is 5. The molecule has 5 aliphatic rings. The van der Waals surface area contributed by atoms with Crippen LogP contribution in [0.25, 0.3) is 0 Å². The SMILES string of the molecule is C/C(=N\OC(=O)N(C)CC1CCC(C(=O)N(C)C)N1)[C@H]1CC[C@H]2[C@@H]3CC[C@H]4C[C@H](O)CC[C@]4(C)[C@H]3CC[C@]12C. The molecule has 0 aromatic rings. The van der Waals surface area contributed by atoms with E-state index >= 15 is 0 Å². The zero-order valence-electron chi connectivity index (χ0n) is 25.1. The van der Waals surface area contributed by atoms with Gasteiger partial charge in [-0.1, -0.05) is 19.0 Å². The van der Waals surface area contributed by atoms with E-state index < -0.39 is 6.09 Å². The van der Waals surface area contributed by atoms with E-state index in [1.807, 2.05) is 6.92 Å². The van der Waals surface area contributed by atoms with Crippen molar-refractivity contribution in [3.63, 3.8) is 0 Å². The molecule has 0 aromatic carbocycles. The van der Waals surface area contributed by atoms with Crippen molar-refractivity contribution in [2.24, 2.45) is 45.6 Å². The molecule has 1 aliphatic heterocycles. The van der Waals surface area contributed by atoms with Crippen LogP contribution in [-0.4, -0.2) is 78.5 Å². The summed E-state index contributed by atoms with van der Waals surface area (Å²) in [5, 5.41) is 18.1. The predicted molar refractivity (Wildman–Crippen MR) is 152 cm³/mol. The number of nitrogens with one attached hydrogen (secondary N) is 1. The Morgan fingerprint density at radius 3 is 2.41 bits per heavy atom. The molecule has 2 N–H and O–H groups in total. The molecule has 5 rings (SSSR count). The lowest BCUT2D eigenvalue weighted by Crippen LogP contribution is -2.54. The van der Waals surface area contributed by atoms with E-state index in [9.17, 15) is 14.7 Å². The lowest BCUT2D eigenvalue weighted by molar-refractivity contribution is -0.130. The van der Waals surface area contributed by atoms with Gasteiger partial charge in [0.2, 0.25) is 5.91 Å². The number of carbonyl (C=O) groups excluding carboxylic acids is 2. The van der Waals surface area contributed by atoms with Crippen molar-refractivity contribution in [2.45, 2.75) is 110 Å². The van der Waals surface area contributed by atoms with Gasteiger partial charge in [0.05, 0.1) is 17.9 Å². The van der Waals surface area contributed by atoms with Gasteiger partial charge in [-0.15, -0.1) is 0 Å². The second-order valence-electron chi connectivity index (χ2n) is 14.5. The lowest BCUT2D eigenvalue weighted by Gasteiger charge is -2.61. The van der Waals surface area contributed by atoms with Gasteiger partial charge in [-0.25, -0.2) is 4.79 Å². The first-order valence-electron chi connectivity index (χ1n) is 15.6. The fraction of sp³-hybridized carbons (Fsp3) is 0.903. The van der Waals surface area contributed by atoms with E-state index in [0.717, 1.165) is 49.7 Å². The fourth-order valence-electron chi connectivity index (χ4n) is 10.0. The number of hydrogen-bond acceptors (Lipinski definition) is 6. The molecule has 220 valence electrons. The Kier molecular flexibility index (Phi) is 8.10. The van der Waals surface area contributed by atoms with E-state index in [0.29, 0.717) is 29.7 Å². The molecule has 4 saturated carbocycles. The van der Waals surface area contributed by atoms with Crippen LogP contribution in [0.2, 0.25) is 0 Å². The van der Waals surface area contributed by atoms with Crippen LogP contribution in [0.3, 0.4) is 0 Å². The molecule has 8 nitrogen and oxygen atoms in total. The first-order valence-corrected chi connectivity index (χ1v) is 15.6. The van der Waals surface area contributed by atoms with Gasteiger partial charge < -0.3 is 20.2 Å². The summed E-state index contributed by atoms with van der Waals surface area (Å²) in [5.41, 5.74) is 1.56. The summed E-state index contributed by atoms with van der Waals surface area (Å²) in [5.74, 6) is 3.38. The zero-order valence-corrected chi connectivity index (χ0v) is 25.1. The Morgan fingerprint density at radius 1 is 0.949 bits per heavy atom. The van der Waals surface area contributed by atoms with Gasteiger partial charge >= 0.3 is 6.09 Å². The molecule has 0 bridgehead atoms. The smallest absolute Gasteiger partial charge is 0.393 e. The monoisotopic (exact) mass is 544 g/mol. The van der Waals surface area contributed by atoms with Crippen molar-refractivity contribution in [3.8, 4) is 0 Å². The molecule has 39 heavy (non-hydrogen) atoms. The normalized spacial score (nSPS) is 43.7. The van der Waals surface area contributed by atoms with Crippen molar-refractivity contribution in [2.75, 3.05) is 27.7 Å². The van der Waals surface area contributed by atoms with Crippen LogP contribution in [0.4, 0.5) is 4.79 Å². The number of likely N-dealkylation sites (N-methyl/N-ethyl adjacent to an activating group) is 2. The highest BCUT2D eigenvalue weighted by atomic mass is 16.7. The third kappa shape index (κ3) is 5.25. The molecule has 0 radical (unpaired) electrons. The standard InChI is InChI=1S/C31H52N4O4/c1-19(33-39-29(38)35(6)18-21-8-12-27(32-21)28(37)34(4)5)24-10-11-25-23-9-7-20-17-22(36)13-15-30(20,2)26(23)14-16-31(24,25)3/h20-27,32,36H,7-18H2,1-6H3/b33-19+/t20-,21?,22+,23-,24+,25-,26-,27?,30-,31+/m0/s1. The van der Waals surface area contributed by atoms with Crippen LogP contribution in [0.15, 0.2) is 5.16 Å². The Hall–Kier alpha value is -1.67. The molecule has 2 amide bonds. The number of aliphatic hydroxyl groups excluding tert-OH is 1. The van der Waals surface area contributed by atoms with E-state index in [1.165, 1.54) is 38.5 Å². The van der Waals surface area contributed by atoms with Crippen molar-refractivity contribution in [1.29, 1.82) is 0 Å². The van der Waals surface area contributed by atoms with Crippen LogP contribution >= 0.6 is 0 Å². The molecular formula is C31H52N4O4. The highest BCUT2D eigenvalue weighted by Gasteiger charge is 2.60. The van der Waals surface area contributed by atoms with Crippen molar-refractivity contribution in [3.05, 3.63) is 0 Å². The van der Waals surface area contributed by atoms with Gasteiger partial charge in [0.25, 0.3) is 0 Å². The fourth-order valence-corrected chi connectivity index (χ4v) is 10.0. The van der Waals surface area contributed by atoms with E-state index in [4.69, 9.17) is 4.84 Å². The lowest BCUT2D eigenvalue weighted by atomic mass is 9.44. The van der Waals surface area contributed by atoms with Crippen LogP contribution in [0.5, 0.6) is 0 Å². The van der Waals surface area contributed by atoms with Crippen molar-refractivity contribution < 1.29 is 19.5 Å². The molecule has 1 saturated heterocycles. The molecular weight excluding hydrogens is 492 g/mol. The average molecular weight is 545 g/mol. The molecule has 4 aliphatic carbocycles. The maximum absolute atomic E-state index is 12.8. The first kappa shape index (κ1) is 28.8. The van der Waals surface area contributed by atoms with E-state index in [2.05, 4.69) is 24.3 Å². The van der Waals surface area contributed by atoms with Gasteiger partial charge in [-0.2, -0.15) is 0 Å². The van der Waals surface area contributed by atoms with Gasteiger partial charge in [-0.05, 0) is 112 Å². The summed E-state index contributed by atoms with van der Waals surface area (Å²) in [6.07, 6.45) is 11.7. The summed E-state index contributed by atoms with van der Waals surface area (Å²) in [6, 6.07) is -0.0984. The molecule has 2 unspecified atom stereocenters. The average Bonchev–Trinajstić information content (AvgIpc) is 3.50. The van der Waals surface area contributed by atoms with Gasteiger partial charge in [0.15, 0.2) is 0 Å². The van der Waals surface area contributed by atoms with Crippen LogP contribution in [-0.2, 0) is 9.63 Å². The summed E-state index contributed by atoms with van der Waals surface area (Å²) in [6.45, 7) is 7.57. The summed E-state index contributed by atoms with van der Waals surface area (Å²) in [7, 11) is 5.28. The number of fused-ring (bicyclic) bond motifs is 5. The highest BCUT2D eigenvalue weighted by molar-refractivity contribution is 5.85. The number of nitrogens with zero attached hydrogens (tertiary/aromatic N) is 3. The second kappa shape index (κ2) is 11.0. The second-order valence-corrected chi connectivity index (χ2v) is 14.5. The third-order valence-electron chi connectivity index (χ3n) is 12.2. The van der Waals surface area contributed by atoms with E-state index in [1.54, 1.807) is 30.9 Å². The molecule has 5 fully saturated rings. The largest absolute Gasteiger partial charge is 0.435 e. The highest BCUT2D eigenvalue weighted by Crippen LogP contribution is 2.67. The van der Waals surface area contributed by atoms with Gasteiger partial charge in [-0.3, -0.25) is 9.63 Å². The minimum atomic E-state index is -0.437.